The predicted octanol–water partition coefficient (Wildman–Crippen LogP) is 5.72. The molecule has 4 heterocycles. The summed E-state index contributed by atoms with van der Waals surface area (Å²) in [6.07, 6.45) is 5.63. The number of nitrogens with one attached hydrogen (secondary N) is 1. The lowest BCUT2D eigenvalue weighted by atomic mass is 9.64. The molecular weight excluding hydrogens is 501 g/mol. The fraction of sp³-hybridized carbons (Fsp3) is 0.483. The van der Waals surface area contributed by atoms with E-state index in [1.165, 1.54) is 42.7 Å². The molecule has 1 unspecified atom stereocenters. The molecule has 38 heavy (non-hydrogen) atoms. The molecule has 0 bridgehead atoms. The number of imidazole rings is 1. The summed E-state index contributed by atoms with van der Waals surface area (Å²) in [6, 6.07) is 9.97. The first-order valence-electron chi connectivity index (χ1n) is 13.5. The summed E-state index contributed by atoms with van der Waals surface area (Å²) < 4.78 is 15.9. The van der Waals surface area contributed by atoms with Gasteiger partial charge in [0.2, 0.25) is 11.9 Å². The molecule has 1 aliphatic carbocycles. The van der Waals surface area contributed by atoms with Crippen LogP contribution in [0.1, 0.15) is 71.4 Å². The number of halogens is 1. The van der Waals surface area contributed by atoms with Crippen LogP contribution in [-0.2, 0) is 11.3 Å². The monoisotopic (exact) mass is 535 g/mol. The molecule has 0 radical (unpaired) electrons. The molecule has 6 rings (SSSR count). The summed E-state index contributed by atoms with van der Waals surface area (Å²) in [7, 11) is 0. The smallest absolute Gasteiger partial charge is 0.268 e. The van der Waals surface area contributed by atoms with Gasteiger partial charge in [-0.3, -0.25) is 19.8 Å². The zero-order chi connectivity index (χ0) is 26.4. The number of likely N-dealkylation sites (tertiary alicyclic amines) is 2. The Hall–Kier alpha value is -3.04. The predicted molar refractivity (Wildman–Crippen MR) is 148 cm³/mol. The molecule has 2 aromatic heterocycles. The quantitative estimate of drug-likeness (QED) is 0.393. The Balaban J connectivity index is 1.28. The summed E-state index contributed by atoms with van der Waals surface area (Å²) in [6.45, 7) is 9.79. The van der Waals surface area contributed by atoms with Crippen LogP contribution in [0.2, 0.25) is 0 Å². The number of benzene rings is 1. The summed E-state index contributed by atoms with van der Waals surface area (Å²) in [5.74, 6) is 0.256. The van der Waals surface area contributed by atoms with E-state index in [9.17, 15) is 14.0 Å². The fourth-order valence-corrected chi connectivity index (χ4v) is 7.29. The van der Waals surface area contributed by atoms with Gasteiger partial charge in [-0.05, 0) is 93.4 Å². The van der Waals surface area contributed by atoms with Crippen LogP contribution >= 0.6 is 11.3 Å². The summed E-state index contributed by atoms with van der Waals surface area (Å²) in [5.41, 5.74) is 3.21. The van der Waals surface area contributed by atoms with E-state index in [0.29, 0.717) is 15.7 Å². The second-order valence-corrected chi connectivity index (χ2v) is 12.3. The van der Waals surface area contributed by atoms with Crippen LogP contribution in [0, 0.1) is 5.41 Å². The third-order valence-corrected chi connectivity index (χ3v) is 9.69. The zero-order valence-corrected chi connectivity index (χ0v) is 22.6. The van der Waals surface area contributed by atoms with Crippen molar-refractivity contribution in [3.8, 4) is 0 Å². The van der Waals surface area contributed by atoms with E-state index < -0.39 is 6.17 Å². The van der Waals surface area contributed by atoms with Crippen LogP contribution in [0.4, 0.5) is 10.3 Å². The number of alkyl halides is 1. The Labute approximate surface area is 226 Å². The lowest BCUT2D eigenvalue weighted by Crippen LogP contribution is -2.42. The number of hydrogen-bond donors (Lipinski definition) is 1. The van der Waals surface area contributed by atoms with Crippen molar-refractivity contribution in [1.29, 1.82) is 0 Å². The first-order chi connectivity index (χ1) is 18.3. The van der Waals surface area contributed by atoms with Crippen molar-refractivity contribution in [2.45, 2.75) is 57.8 Å². The minimum atomic E-state index is -1.11. The second kappa shape index (κ2) is 9.93. The minimum Gasteiger partial charge on any atom is -0.339 e. The number of hydrogen-bond acceptors (Lipinski definition) is 5. The molecule has 1 atom stereocenters. The van der Waals surface area contributed by atoms with Crippen LogP contribution in [0.15, 0.2) is 43.0 Å². The Morgan fingerprint density at radius 1 is 1.24 bits per heavy atom. The highest BCUT2D eigenvalue weighted by molar-refractivity contribution is 7.14. The SMILES string of the molecule is C=CC(=O)N1CCC2(CC(n3c(NC(=O)c4ccc(C(C)F)s4)nc4cc(CN5CCCC5)ccc43)C2)C1. The second-order valence-electron chi connectivity index (χ2n) is 11.2. The van der Waals surface area contributed by atoms with Gasteiger partial charge >= 0.3 is 0 Å². The number of carbonyl (C=O) groups excluding carboxylic acids is 2. The van der Waals surface area contributed by atoms with E-state index in [-0.39, 0.29) is 23.3 Å². The molecule has 1 saturated carbocycles. The van der Waals surface area contributed by atoms with E-state index in [2.05, 4.69) is 39.6 Å². The summed E-state index contributed by atoms with van der Waals surface area (Å²) in [4.78, 5) is 35.6. The van der Waals surface area contributed by atoms with Crippen LogP contribution in [0.3, 0.4) is 0 Å². The highest BCUT2D eigenvalue weighted by atomic mass is 32.1. The lowest BCUT2D eigenvalue weighted by molar-refractivity contribution is -0.125. The van der Waals surface area contributed by atoms with Crippen LogP contribution in [-0.4, -0.2) is 57.3 Å². The summed E-state index contributed by atoms with van der Waals surface area (Å²) in [5, 5.41) is 3.04. The molecular formula is C29H34FN5O2S. The minimum absolute atomic E-state index is 0.00481. The molecule has 1 spiro atoms. The highest BCUT2D eigenvalue weighted by Crippen LogP contribution is 2.55. The number of amides is 2. The molecule has 3 aliphatic rings. The topological polar surface area (TPSA) is 70.5 Å². The maximum absolute atomic E-state index is 13.8. The van der Waals surface area contributed by atoms with Gasteiger partial charge in [0.1, 0.15) is 6.17 Å². The lowest BCUT2D eigenvalue weighted by Gasteiger charge is -2.46. The fourth-order valence-electron chi connectivity index (χ4n) is 6.46. The van der Waals surface area contributed by atoms with Gasteiger partial charge in [-0.25, -0.2) is 9.37 Å². The van der Waals surface area contributed by atoms with Crippen molar-refractivity contribution >= 4 is 40.1 Å². The third-order valence-electron chi connectivity index (χ3n) is 8.45. The van der Waals surface area contributed by atoms with E-state index >= 15 is 0 Å². The Kier molecular flexibility index (Phi) is 6.60. The van der Waals surface area contributed by atoms with Gasteiger partial charge in [0.15, 0.2) is 0 Å². The molecule has 2 amide bonds. The Bertz CT molecular complexity index is 1380. The van der Waals surface area contributed by atoms with Gasteiger partial charge in [-0.2, -0.15) is 0 Å². The van der Waals surface area contributed by atoms with E-state index in [0.717, 1.165) is 63.0 Å². The number of nitrogens with zero attached hydrogens (tertiary/aromatic N) is 4. The van der Waals surface area contributed by atoms with Crippen molar-refractivity contribution < 1.29 is 14.0 Å². The molecule has 1 aromatic carbocycles. The first kappa shape index (κ1) is 25.2. The van der Waals surface area contributed by atoms with Gasteiger partial charge in [-0.1, -0.05) is 12.6 Å². The molecule has 1 N–H and O–H groups in total. The van der Waals surface area contributed by atoms with E-state index in [4.69, 9.17) is 4.98 Å². The van der Waals surface area contributed by atoms with Crippen molar-refractivity contribution in [3.05, 3.63) is 58.3 Å². The van der Waals surface area contributed by atoms with Crippen LogP contribution in [0.25, 0.3) is 11.0 Å². The van der Waals surface area contributed by atoms with Gasteiger partial charge in [0.05, 0.1) is 15.9 Å². The van der Waals surface area contributed by atoms with Crippen molar-refractivity contribution in [1.82, 2.24) is 19.4 Å². The van der Waals surface area contributed by atoms with Gasteiger partial charge in [0.25, 0.3) is 5.91 Å². The number of rotatable bonds is 7. The van der Waals surface area contributed by atoms with Gasteiger partial charge in [-0.15, -0.1) is 11.3 Å². The van der Waals surface area contributed by atoms with E-state index in [1.807, 2.05) is 4.90 Å². The molecule has 200 valence electrons. The maximum atomic E-state index is 13.8. The number of thiophene rings is 1. The molecule has 2 aliphatic heterocycles. The highest BCUT2D eigenvalue weighted by Gasteiger charge is 2.50. The normalized spacial score (nSPS) is 24.2. The first-order valence-corrected chi connectivity index (χ1v) is 14.4. The van der Waals surface area contributed by atoms with Crippen molar-refractivity contribution in [2.75, 3.05) is 31.5 Å². The average molecular weight is 536 g/mol. The number of carbonyl (C=O) groups is 2. The van der Waals surface area contributed by atoms with Gasteiger partial charge < -0.3 is 9.47 Å². The summed E-state index contributed by atoms with van der Waals surface area (Å²) >= 11 is 1.17. The Morgan fingerprint density at radius 3 is 2.74 bits per heavy atom. The molecule has 3 aromatic rings. The van der Waals surface area contributed by atoms with Crippen molar-refractivity contribution in [3.63, 3.8) is 0 Å². The van der Waals surface area contributed by atoms with Crippen LogP contribution in [0.5, 0.6) is 0 Å². The van der Waals surface area contributed by atoms with Crippen molar-refractivity contribution in [2.24, 2.45) is 5.41 Å². The molecule has 2 saturated heterocycles. The number of fused-ring (bicyclic) bond motifs is 1. The van der Waals surface area contributed by atoms with Crippen LogP contribution < -0.4 is 5.32 Å². The largest absolute Gasteiger partial charge is 0.339 e. The zero-order valence-electron chi connectivity index (χ0n) is 21.8. The maximum Gasteiger partial charge on any atom is 0.268 e. The van der Waals surface area contributed by atoms with E-state index in [1.54, 1.807) is 12.1 Å². The molecule has 3 fully saturated rings. The standard InChI is InChI=1S/C29H34FN5O2S/c1-3-26(36)34-13-10-29(18-34)15-21(16-29)35-23-7-6-20(17-33-11-4-5-12-33)14-22(23)31-28(35)32-27(37)25-9-8-24(38-25)19(2)30/h3,6-9,14,19,21H,1,4-5,10-13,15-18H2,2H3,(H,31,32,37). The molecule has 7 nitrogen and oxygen atoms in total. The average Bonchev–Trinajstić information content (AvgIpc) is 3.68. The third kappa shape index (κ3) is 4.66. The number of aromatic nitrogens is 2. The van der Waals surface area contributed by atoms with Gasteiger partial charge in [0, 0.05) is 30.6 Å². The molecule has 9 heteroatoms. The number of anilines is 1. The Morgan fingerprint density at radius 2 is 2.03 bits per heavy atom.